The maximum atomic E-state index is 14.7. The first-order valence-electron chi connectivity index (χ1n) is 7.16. The van der Waals surface area contributed by atoms with Gasteiger partial charge in [-0.3, -0.25) is 0 Å². The SMILES string of the molecule is CCCc1ccc2c(F)c(-c3ccc(Cl)cc3)ccc2c1. The Morgan fingerprint density at radius 2 is 1.71 bits per heavy atom. The first-order chi connectivity index (χ1) is 10.2. The fraction of sp³-hybridized carbons (Fsp3) is 0.158. The molecular formula is C19H16ClF. The first kappa shape index (κ1) is 14.1. The van der Waals surface area contributed by atoms with E-state index in [0.29, 0.717) is 16.0 Å². The summed E-state index contributed by atoms with van der Waals surface area (Å²) >= 11 is 5.89. The molecule has 0 atom stereocenters. The van der Waals surface area contributed by atoms with Gasteiger partial charge in [0.1, 0.15) is 5.82 Å². The number of rotatable bonds is 3. The van der Waals surface area contributed by atoms with E-state index in [-0.39, 0.29) is 5.82 Å². The topological polar surface area (TPSA) is 0 Å². The molecule has 0 radical (unpaired) electrons. The Morgan fingerprint density at radius 1 is 0.952 bits per heavy atom. The summed E-state index contributed by atoms with van der Waals surface area (Å²) in [5, 5.41) is 2.28. The predicted octanol–water partition coefficient (Wildman–Crippen LogP) is 6.25. The van der Waals surface area contributed by atoms with Gasteiger partial charge in [0.05, 0.1) is 0 Å². The van der Waals surface area contributed by atoms with E-state index in [1.807, 2.05) is 36.4 Å². The molecule has 2 heteroatoms. The van der Waals surface area contributed by atoms with Gasteiger partial charge in [-0.15, -0.1) is 0 Å². The van der Waals surface area contributed by atoms with Gasteiger partial charge in [0.2, 0.25) is 0 Å². The van der Waals surface area contributed by atoms with Crippen molar-refractivity contribution in [1.29, 1.82) is 0 Å². The van der Waals surface area contributed by atoms with Crippen LogP contribution >= 0.6 is 11.6 Å². The fourth-order valence-corrected chi connectivity index (χ4v) is 2.76. The lowest BCUT2D eigenvalue weighted by molar-refractivity contribution is 0.643. The standard InChI is InChI=1S/C19H16ClF/c1-2-3-13-4-10-18-15(12-13)7-11-17(19(18)21)14-5-8-16(20)9-6-14/h4-12H,2-3H2,1H3. The maximum Gasteiger partial charge on any atom is 0.138 e. The maximum absolute atomic E-state index is 14.7. The van der Waals surface area contributed by atoms with E-state index in [2.05, 4.69) is 13.0 Å². The molecule has 0 aliphatic carbocycles. The average Bonchev–Trinajstić information content (AvgIpc) is 2.49. The average molecular weight is 299 g/mol. The van der Waals surface area contributed by atoms with E-state index >= 15 is 0 Å². The molecule has 0 nitrogen and oxygen atoms in total. The van der Waals surface area contributed by atoms with Crippen LogP contribution in [-0.2, 0) is 6.42 Å². The monoisotopic (exact) mass is 298 g/mol. The van der Waals surface area contributed by atoms with Crippen LogP contribution in [0, 0.1) is 5.82 Å². The Bertz CT molecular complexity index is 775. The molecule has 0 aromatic heterocycles. The van der Waals surface area contributed by atoms with E-state index in [0.717, 1.165) is 23.8 Å². The molecule has 0 fully saturated rings. The zero-order valence-corrected chi connectivity index (χ0v) is 12.6. The zero-order chi connectivity index (χ0) is 14.8. The first-order valence-corrected chi connectivity index (χ1v) is 7.54. The van der Waals surface area contributed by atoms with E-state index < -0.39 is 0 Å². The number of aryl methyl sites for hydroxylation is 1. The fourth-order valence-electron chi connectivity index (χ4n) is 2.64. The quantitative estimate of drug-likeness (QED) is 0.536. The van der Waals surface area contributed by atoms with E-state index in [1.54, 1.807) is 12.1 Å². The van der Waals surface area contributed by atoms with Crippen LogP contribution in [0.15, 0.2) is 54.6 Å². The highest BCUT2D eigenvalue weighted by molar-refractivity contribution is 6.30. The summed E-state index contributed by atoms with van der Waals surface area (Å²) in [5.41, 5.74) is 2.71. The second kappa shape index (κ2) is 5.87. The summed E-state index contributed by atoms with van der Waals surface area (Å²) in [6, 6.07) is 17.1. The lowest BCUT2D eigenvalue weighted by Crippen LogP contribution is -1.89. The van der Waals surface area contributed by atoms with Crippen LogP contribution in [0.4, 0.5) is 4.39 Å². The van der Waals surface area contributed by atoms with E-state index in [4.69, 9.17) is 11.6 Å². The van der Waals surface area contributed by atoms with Crippen LogP contribution in [0.1, 0.15) is 18.9 Å². The molecule has 0 spiro atoms. The van der Waals surface area contributed by atoms with Gasteiger partial charge >= 0.3 is 0 Å². The highest BCUT2D eigenvalue weighted by atomic mass is 35.5. The van der Waals surface area contributed by atoms with Gasteiger partial charge in [0, 0.05) is 16.0 Å². The largest absolute Gasteiger partial charge is 0.206 e. The molecule has 0 N–H and O–H groups in total. The van der Waals surface area contributed by atoms with Crippen molar-refractivity contribution < 1.29 is 4.39 Å². The van der Waals surface area contributed by atoms with Crippen molar-refractivity contribution in [3.05, 3.63) is 71.0 Å². The van der Waals surface area contributed by atoms with Crippen molar-refractivity contribution in [2.24, 2.45) is 0 Å². The van der Waals surface area contributed by atoms with Crippen LogP contribution < -0.4 is 0 Å². The number of hydrogen-bond acceptors (Lipinski definition) is 0. The number of halogens is 2. The van der Waals surface area contributed by atoms with Gasteiger partial charge in [0.25, 0.3) is 0 Å². The Kier molecular flexibility index (Phi) is 3.94. The smallest absolute Gasteiger partial charge is 0.138 e. The van der Waals surface area contributed by atoms with Crippen molar-refractivity contribution >= 4 is 22.4 Å². The van der Waals surface area contributed by atoms with Crippen molar-refractivity contribution in [2.45, 2.75) is 19.8 Å². The molecule has 0 heterocycles. The van der Waals surface area contributed by atoms with Crippen LogP contribution in [-0.4, -0.2) is 0 Å². The molecule has 21 heavy (non-hydrogen) atoms. The van der Waals surface area contributed by atoms with Crippen LogP contribution in [0.5, 0.6) is 0 Å². The van der Waals surface area contributed by atoms with E-state index in [9.17, 15) is 4.39 Å². The summed E-state index contributed by atoms with van der Waals surface area (Å²) in [4.78, 5) is 0. The third kappa shape index (κ3) is 2.79. The molecule has 3 aromatic rings. The Labute approximate surface area is 129 Å². The van der Waals surface area contributed by atoms with Crippen molar-refractivity contribution in [1.82, 2.24) is 0 Å². The minimum absolute atomic E-state index is 0.169. The number of hydrogen-bond donors (Lipinski definition) is 0. The Hall–Kier alpha value is -1.86. The summed E-state index contributed by atoms with van der Waals surface area (Å²) in [6.07, 6.45) is 2.12. The summed E-state index contributed by atoms with van der Waals surface area (Å²) in [6.45, 7) is 2.15. The Balaban J connectivity index is 2.11. The summed E-state index contributed by atoms with van der Waals surface area (Å²) in [5.74, 6) is -0.169. The second-order valence-corrected chi connectivity index (χ2v) is 5.68. The lowest BCUT2D eigenvalue weighted by atomic mass is 9.98. The third-order valence-corrected chi connectivity index (χ3v) is 3.96. The van der Waals surface area contributed by atoms with Crippen molar-refractivity contribution in [3.8, 4) is 11.1 Å². The Morgan fingerprint density at radius 3 is 2.43 bits per heavy atom. The molecule has 0 amide bonds. The summed E-state index contributed by atoms with van der Waals surface area (Å²) < 4.78 is 14.7. The van der Waals surface area contributed by atoms with Gasteiger partial charge in [-0.25, -0.2) is 4.39 Å². The predicted molar refractivity (Wildman–Crippen MR) is 88.3 cm³/mol. The minimum Gasteiger partial charge on any atom is -0.206 e. The van der Waals surface area contributed by atoms with Gasteiger partial charge in [-0.05, 0) is 35.1 Å². The van der Waals surface area contributed by atoms with Gasteiger partial charge in [-0.2, -0.15) is 0 Å². The van der Waals surface area contributed by atoms with Crippen LogP contribution in [0.2, 0.25) is 5.02 Å². The minimum atomic E-state index is -0.169. The highest BCUT2D eigenvalue weighted by Crippen LogP contribution is 2.30. The van der Waals surface area contributed by atoms with Gasteiger partial charge in [0.15, 0.2) is 0 Å². The van der Waals surface area contributed by atoms with Crippen molar-refractivity contribution in [2.75, 3.05) is 0 Å². The van der Waals surface area contributed by atoms with E-state index in [1.165, 1.54) is 5.56 Å². The number of benzene rings is 3. The van der Waals surface area contributed by atoms with Gasteiger partial charge < -0.3 is 0 Å². The molecule has 0 aliphatic rings. The molecular weight excluding hydrogens is 283 g/mol. The normalized spacial score (nSPS) is 11.0. The highest BCUT2D eigenvalue weighted by Gasteiger charge is 2.09. The molecule has 0 saturated heterocycles. The molecule has 0 unspecified atom stereocenters. The molecule has 0 bridgehead atoms. The third-order valence-electron chi connectivity index (χ3n) is 3.71. The molecule has 3 rings (SSSR count). The molecule has 106 valence electrons. The zero-order valence-electron chi connectivity index (χ0n) is 11.9. The second-order valence-electron chi connectivity index (χ2n) is 5.24. The molecule has 0 saturated carbocycles. The van der Waals surface area contributed by atoms with Crippen LogP contribution in [0.3, 0.4) is 0 Å². The summed E-state index contributed by atoms with van der Waals surface area (Å²) in [7, 11) is 0. The van der Waals surface area contributed by atoms with Crippen LogP contribution in [0.25, 0.3) is 21.9 Å². The number of fused-ring (bicyclic) bond motifs is 1. The lowest BCUT2D eigenvalue weighted by Gasteiger charge is -2.08. The van der Waals surface area contributed by atoms with Crippen molar-refractivity contribution in [3.63, 3.8) is 0 Å². The molecule has 0 aliphatic heterocycles. The molecule has 3 aromatic carbocycles. The van der Waals surface area contributed by atoms with Gasteiger partial charge in [-0.1, -0.05) is 67.4 Å².